The van der Waals surface area contributed by atoms with Crippen molar-refractivity contribution < 1.29 is 13.2 Å². The van der Waals surface area contributed by atoms with Crippen LogP contribution >= 0.6 is 11.3 Å². The number of thiazole rings is 1. The van der Waals surface area contributed by atoms with E-state index in [-0.39, 0.29) is 24.8 Å². The SMILES string of the molecule is N#C[C@H](C(=O)C1CCN(S(=O)(=O)/C=C\c2ccccc2)CC1)c1nc(-c2ccccn2)cs1. The summed E-state index contributed by atoms with van der Waals surface area (Å²) in [5.74, 6) is -1.53. The van der Waals surface area contributed by atoms with Crippen molar-refractivity contribution in [2.24, 2.45) is 5.92 Å². The molecule has 0 aliphatic carbocycles. The number of ketones is 1. The van der Waals surface area contributed by atoms with Gasteiger partial charge in [-0.2, -0.15) is 9.57 Å². The molecule has 7 nitrogen and oxygen atoms in total. The Kier molecular flexibility index (Phi) is 7.08. The summed E-state index contributed by atoms with van der Waals surface area (Å²) in [6, 6.07) is 16.8. The van der Waals surface area contributed by atoms with E-state index in [0.29, 0.717) is 29.2 Å². The number of carbonyl (C=O) groups excluding carboxylic acids is 1. The lowest BCUT2D eigenvalue weighted by atomic mass is 9.87. The number of sulfonamides is 1. The quantitative estimate of drug-likeness (QED) is 0.506. The molecule has 0 bridgehead atoms. The summed E-state index contributed by atoms with van der Waals surface area (Å²) in [5.41, 5.74) is 2.12. The molecule has 1 aromatic carbocycles. The number of piperidine rings is 1. The van der Waals surface area contributed by atoms with Crippen LogP contribution in [0.2, 0.25) is 0 Å². The highest BCUT2D eigenvalue weighted by Crippen LogP contribution is 2.31. The normalized spacial score (nSPS) is 16.5. The van der Waals surface area contributed by atoms with Gasteiger partial charge in [0.2, 0.25) is 10.0 Å². The summed E-state index contributed by atoms with van der Waals surface area (Å²) in [6.45, 7) is 0.486. The Morgan fingerprint density at radius 3 is 2.52 bits per heavy atom. The molecule has 0 N–H and O–H groups in total. The van der Waals surface area contributed by atoms with Crippen LogP contribution in [0.15, 0.2) is 65.5 Å². The minimum absolute atomic E-state index is 0.198. The highest BCUT2D eigenvalue weighted by atomic mass is 32.2. The Morgan fingerprint density at radius 1 is 1.12 bits per heavy atom. The third-order valence-electron chi connectivity index (χ3n) is 5.56. The van der Waals surface area contributed by atoms with E-state index in [4.69, 9.17) is 0 Å². The van der Waals surface area contributed by atoms with Gasteiger partial charge in [-0.25, -0.2) is 13.4 Å². The molecule has 1 aliphatic rings. The monoisotopic (exact) mass is 478 g/mol. The molecule has 168 valence electrons. The molecule has 1 aliphatic heterocycles. The summed E-state index contributed by atoms with van der Waals surface area (Å²) in [4.78, 5) is 21.8. The van der Waals surface area contributed by atoms with Gasteiger partial charge in [0, 0.05) is 36.0 Å². The first-order valence-corrected chi connectivity index (χ1v) is 12.9. The van der Waals surface area contributed by atoms with Gasteiger partial charge in [0.15, 0.2) is 11.7 Å². The maximum atomic E-state index is 13.1. The molecule has 0 amide bonds. The minimum atomic E-state index is -3.58. The van der Waals surface area contributed by atoms with Crippen molar-refractivity contribution in [3.05, 3.63) is 76.1 Å². The van der Waals surface area contributed by atoms with Crippen molar-refractivity contribution in [2.45, 2.75) is 18.8 Å². The Labute approximate surface area is 197 Å². The smallest absolute Gasteiger partial charge is 0.236 e. The predicted molar refractivity (Wildman–Crippen MR) is 127 cm³/mol. The number of benzene rings is 1. The van der Waals surface area contributed by atoms with E-state index >= 15 is 0 Å². The van der Waals surface area contributed by atoms with Crippen LogP contribution in [0.4, 0.5) is 0 Å². The van der Waals surface area contributed by atoms with E-state index in [2.05, 4.69) is 16.0 Å². The van der Waals surface area contributed by atoms with Crippen molar-refractivity contribution >= 4 is 33.2 Å². The average molecular weight is 479 g/mol. The summed E-state index contributed by atoms with van der Waals surface area (Å²) >= 11 is 1.27. The van der Waals surface area contributed by atoms with Crippen LogP contribution in [-0.2, 0) is 14.8 Å². The molecule has 1 atom stereocenters. The van der Waals surface area contributed by atoms with Gasteiger partial charge in [-0.05, 0) is 36.6 Å². The standard InChI is InChI=1S/C24H22N4O3S2/c25-16-20(24-27-22(17-32-24)21-8-4-5-12-26-21)23(29)19-9-13-28(14-10-19)33(30,31)15-11-18-6-2-1-3-7-18/h1-8,11-12,15,17,19-20H,9-10,13-14H2/b15-11-/t20-/m1/s1. The van der Waals surface area contributed by atoms with E-state index in [9.17, 15) is 18.5 Å². The van der Waals surface area contributed by atoms with Crippen LogP contribution < -0.4 is 0 Å². The second kappa shape index (κ2) is 10.2. The number of Topliss-reactive ketones (excluding diaryl/α,β-unsaturated/α-hetero) is 1. The van der Waals surface area contributed by atoms with Crippen LogP contribution in [0.1, 0.15) is 29.3 Å². The predicted octanol–water partition coefficient (Wildman–Crippen LogP) is 4.09. The molecule has 0 spiro atoms. The zero-order valence-corrected chi connectivity index (χ0v) is 19.4. The first-order chi connectivity index (χ1) is 16.0. The number of aromatic nitrogens is 2. The number of carbonyl (C=O) groups is 1. The van der Waals surface area contributed by atoms with Gasteiger partial charge in [0.25, 0.3) is 0 Å². The summed E-state index contributed by atoms with van der Waals surface area (Å²) in [7, 11) is -3.58. The molecule has 2 aromatic heterocycles. The van der Waals surface area contributed by atoms with Gasteiger partial charge >= 0.3 is 0 Å². The third kappa shape index (κ3) is 5.42. The Balaban J connectivity index is 1.40. The van der Waals surface area contributed by atoms with E-state index in [0.717, 1.165) is 5.56 Å². The molecule has 33 heavy (non-hydrogen) atoms. The summed E-state index contributed by atoms with van der Waals surface area (Å²) in [6.07, 6.45) is 4.00. The first kappa shape index (κ1) is 23.0. The lowest BCUT2D eigenvalue weighted by Gasteiger charge is -2.30. The van der Waals surface area contributed by atoms with Crippen LogP contribution in [0, 0.1) is 17.2 Å². The van der Waals surface area contributed by atoms with Gasteiger partial charge < -0.3 is 0 Å². The number of pyridine rings is 1. The Bertz CT molecular complexity index is 1270. The number of hydrogen-bond donors (Lipinski definition) is 0. The maximum Gasteiger partial charge on any atom is 0.236 e. The van der Waals surface area contributed by atoms with Crippen molar-refractivity contribution in [1.82, 2.24) is 14.3 Å². The van der Waals surface area contributed by atoms with Crippen molar-refractivity contribution in [3.8, 4) is 17.5 Å². The molecular weight excluding hydrogens is 456 g/mol. The molecule has 3 aromatic rings. The molecular formula is C24H22N4O3S2. The number of rotatable bonds is 7. The Morgan fingerprint density at radius 2 is 1.85 bits per heavy atom. The lowest BCUT2D eigenvalue weighted by Crippen LogP contribution is -2.40. The number of nitrogens with zero attached hydrogens (tertiary/aromatic N) is 4. The highest BCUT2D eigenvalue weighted by Gasteiger charge is 2.35. The van der Waals surface area contributed by atoms with E-state index in [1.807, 2.05) is 48.5 Å². The zero-order valence-electron chi connectivity index (χ0n) is 17.7. The topological polar surface area (TPSA) is 104 Å². The van der Waals surface area contributed by atoms with E-state index < -0.39 is 15.9 Å². The Hall–Kier alpha value is -3.19. The zero-order chi connectivity index (χ0) is 23.3. The molecule has 9 heteroatoms. The fraction of sp³-hybridized carbons (Fsp3) is 0.250. The molecule has 0 radical (unpaired) electrons. The van der Waals surface area contributed by atoms with Crippen LogP contribution in [-0.4, -0.2) is 41.6 Å². The van der Waals surface area contributed by atoms with Gasteiger partial charge in [0.05, 0.1) is 17.5 Å². The van der Waals surface area contributed by atoms with Crippen molar-refractivity contribution in [3.63, 3.8) is 0 Å². The number of nitriles is 1. The van der Waals surface area contributed by atoms with Gasteiger partial charge in [-0.3, -0.25) is 9.78 Å². The second-order valence-electron chi connectivity index (χ2n) is 7.68. The van der Waals surface area contributed by atoms with Gasteiger partial charge in [0.1, 0.15) is 5.01 Å². The lowest BCUT2D eigenvalue weighted by molar-refractivity contribution is -0.124. The van der Waals surface area contributed by atoms with Crippen LogP contribution in [0.25, 0.3) is 17.5 Å². The first-order valence-electron chi connectivity index (χ1n) is 10.5. The second-order valence-corrected chi connectivity index (χ2v) is 10.4. The maximum absolute atomic E-state index is 13.1. The highest BCUT2D eigenvalue weighted by molar-refractivity contribution is 7.92. The largest absolute Gasteiger partial charge is 0.297 e. The van der Waals surface area contributed by atoms with E-state index in [1.54, 1.807) is 17.7 Å². The molecule has 1 saturated heterocycles. The van der Waals surface area contributed by atoms with E-state index in [1.165, 1.54) is 21.1 Å². The summed E-state index contributed by atoms with van der Waals surface area (Å²) in [5, 5.41) is 13.1. The van der Waals surface area contributed by atoms with Gasteiger partial charge in [-0.15, -0.1) is 11.3 Å². The fourth-order valence-electron chi connectivity index (χ4n) is 3.74. The van der Waals surface area contributed by atoms with Crippen molar-refractivity contribution in [1.29, 1.82) is 5.26 Å². The van der Waals surface area contributed by atoms with Gasteiger partial charge in [-0.1, -0.05) is 36.4 Å². The third-order valence-corrected chi connectivity index (χ3v) is 8.03. The molecule has 4 rings (SSSR count). The molecule has 1 fully saturated rings. The summed E-state index contributed by atoms with van der Waals surface area (Å²) < 4.78 is 26.7. The van der Waals surface area contributed by atoms with Crippen molar-refractivity contribution in [2.75, 3.05) is 13.1 Å². The molecule has 3 heterocycles. The molecule has 0 saturated carbocycles. The number of hydrogen-bond acceptors (Lipinski definition) is 7. The molecule has 0 unspecified atom stereocenters. The van der Waals surface area contributed by atoms with Crippen LogP contribution in [0.5, 0.6) is 0 Å². The van der Waals surface area contributed by atoms with Crippen LogP contribution in [0.3, 0.4) is 0 Å². The average Bonchev–Trinajstić information content (AvgIpc) is 3.34. The minimum Gasteiger partial charge on any atom is -0.297 e. The fourth-order valence-corrected chi connectivity index (χ4v) is 5.82.